The number of halogens is 3. The monoisotopic (exact) mass is 379 g/mol. The van der Waals surface area contributed by atoms with Crippen LogP contribution in [0.1, 0.15) is 26.3 Å². The third kappa shape index (κ3) is 9.85. The summed E-state index contributed by atoms with van der Waals surface area (Å²) in [6.07, 6.45) is -0.989. The van der Waals surface area contributed by atoms with Crippen LogP contribution in [-0.2, 0) is 20.9 Å². The van der Waals surface area contributed by atoms with E-state index in [1.54, 1.807) is 51.1 Å². The van der Waals surface area contributed by atoms with Crippen LogP contribution in [0.15, 0.2) is 30.3 Å². The van der Waals surface area contributed by atoms with E-state index in [2.05, 4.69) is 5.32 Å². The van der Waals surface area contributed by atoms with Gasteiger partial charge in [-0.3, -0.25) is 0 Å². The second-order valence-corrected chi connectivity index (χ2v) is 7.13. The number of thioether (sulfide) groups is 1. The highest BCUT2D eigenvalue weighted by molar-refractivity contribution is 8.00. The fraction of sp³-hybridized carbons (Fsp3) is 0.500. The molecule has 1 aromatic carbocycles. The number of nitrogens with one attached hydrogen (secondary N) is 1. The Morgan fingerprint density at radius 2 is 1.76 bits per heavy atom. The minimum atomic E-state index is -4.53. The average molecular weight is 379 g/mol. The predicted molar refractivity (Wildman–Crippen MR) is 87.9 cm³/mol. The van der Waals surface area contributed by atoms with Gasteiger partial charge in [-0.15, -0.1) is 0 Å². The molecule has 0 saturated carbocycles. The molecule has 0 fully saturated rings. The van der Waals surface area contributed by atoms with Crippen LogP contribution in [-0.4, -0.2) is 35.0 Å². The number of benzene rings is 1. The van der Waals surface area contributed by atoms with E-state index in [1.165, 1.54) is 0 Å². The van der Waals surface area contributed by atoms with E-state index in [1.807, 2.05) is 0 Å². The molecule has 1 amide bonds. The van der Waals surface area contributed by atoms with Gasteiger partial charge in [0.05, 0.1) is 0 Å². The van der Waals surface area contributed by atoms with Crippen LogP contribution in [0.4, 0.5) is 18.0 Å². The molecule has 1 unspecified atom stereocenters. The van der Waals surface area contributed by atoms with Gasteiger partial charge >= 0.3 is 17.6 Å². The van der Waals surface area contributed by atoms with Crippen LogP contribution in [0, 0.1) is 0 Å². The molecule has 140 valence electrons. The molecule has 1 atom stereocenters. The summed E-state index contributed by atoms with van der Waals surface area (Å²) < 4.78 is 47.2. The highest BCUT2D eigenvalue weighted by Crippen LogP contribution is 2.30. The van der Waals surface area contributed by atoms with E-state index in [0.29, 0.717) is 5.56 Å². The molecular weight excluding hydrogens is 359 g/mol. The zero-order chi connectivity index (χ0) is 19.1. The van der Waals surface area contributed by atoms with Crippen molar-refractivity contribution in [1.82, 2.24) is 5.32 Å². The third-order valence-electron chi connectivity index (χ3n) is 2.61. The molecule has 1 aromatic rings. The number of alkyl carbamates (subject to hydrolysis) is 1. The van der Waals surface area contributed by atoms with Crippen LogP contribution in [0.25, 0.3) is 0 Å². The van der Waals surface area contributed by atoms with Gasteiger partial charge < -0.3 is 14.8 Å². The van der Waals surface area contributed by atoms with Gasteiger partial charge in [-0.2, -0.15) is 13.2 Å². The van der Waals surface area contributed by atoms with Crippen molar-refractivity contribution in [3.8, 4) is 0 Å². The van der Waals surface area contributed by atoms with Gasteiger partial charge in [-0.05, 0) is 38.1 Å². The summed E-state index contributed by atoms with van der Waals surface area (Å²) in [6.45, 7) is 4.68. The van der Waals surface area contributed by atoms with E-state index in [-0.39, 0.29) is 6.61 Å². The van der Waals surface area contributed by atoms with Crippen LogP contribution in [0.3, 0.4) is 0 Å². The number of alkyl halides is 3. The van der Waals surface area contributed by atoms with E-state index >= 15 is 0 Å². The van der Waals surface area contributed by atoms with Gasteiger partial charge in [-0.25, -0.2) is 9.59 Å². The molecular formula is C16H20F3NO4S. The molecule has 0 heterocycles. The largest absolute Gasteiger partial charge is 0.459 e. The molecule has 0 aromatic heterocycles. The quantitative estimate of drug-likeness (QED) is 0.760. The van der Waals surface area contributed by atoms with Gasteiger partial charge in [0.1, 0.15) is 18.2 Å². The van der Waals surface area contributed by atoms with Crippen molar-refractivity contribution < 1.29 is 32.2 Å². The second kappa shape index (κ2) is 8.98. The van der Waals surface area contributed by atoms with Crippen molar-refractivity contribution in [3.05, 3.63) is 35.9 Å². The highest BCUT2D eigenvalue weighted by atomic mass is 32.2. The zero-order valence-corrected chi connectivity index (χ0v) is 14.9. The Bertz CT molecular complexity index is 573. The van der Waals surface area contributed by atoms with Crippen molar-refractivity contribution in [3.63, 3.8) is 0 Å². The normalized spacial score (nSPS) is 13.0. The number of esters is 1. The van der Waals surface area contributed by atoms with Crippen LogP contribution >= 0.6 is 11.8 Å². The number of carbonyl (C=O) groups is 2. The minimum Gasteiger partial charge on any atom is -0.459 e. The Morgan fingerprint density at radius 1 is 1.16 bits per heavy atom. The Labute approximate surface area is 148 Å². The molecule has 0 saturated heterocycles. The molecule has 0 aliphatic rings. The molecule has 0 aliphatic heterocycles. The van der Waals surface area contributed by atoms with Crippen molar-refractivity contribution in [1.29, 1.82) is 0 Å². The topological polar surface area (TPSA) is 64.6 Å². The summed E-state index contributed by atoms with van der Waals surface area (Å²) in [6, 6.07) is 7.17. The fourth-order valence-electron chi connectivity index (χ4n) is 1.63. The predicted octanol–water partition coefficient (Wildman–Crippen LogP) is 3.88. The van der Waals surface area contributed by atoms with Gasteiger partial charge in [0.15, 0.2) is 0 Å². The Morgan fingerprint density at radius 3 is 2.28 bits per heavy atom. The van der Waals surface area contributed by atoms with E-state index < -0.39 is 46.7 Å². The SMILES string of the molecule is CC(C)(C)OC(=O)NC(CSC(F)(F)F)C(=O)OCc1ccccc1. The average Bonchev–Trinajstić information content (AvgIpc) is 2.47. The summed E-state index contributed by atoms with van der Waals surface area (Å²) in [5.74, 6) is -1.68. The first kappa shape index (κ1) is 21.1. The van der Waals surface area contributed by atoms with Crippen molar-refractivity contribution in [2.75, 3.05) is 5.75 Å². The second-order valence-electron chi connectivity index (χ2n) is 6.05. The summed E-state index contributed by atoms with van der Waals surface area (Å²) in [7, 11) is 0. The highest BCUT2D eigenvalue weighted by Gasteiger charge is 2.33. The first-order valence-corrected chi connectivity index (χ1v) is 8.35. The lowest BCUT2D eigenvalue weighted by molar-refractivity contribution is -0.146. The minimum absolute atomic E-state index is 0.108. The number of hydrogen-bond acceptors (Lipinski definition) is 5. The summed E-state index contributed by atoms with van der Waals surface area (Å²) >= 11 is -0.419. The fourth-order valence-corrected chi connectivity index (χ4v) is 2.20. The molecule has 1 N–H and O–H groups in total. The molecule has 0 aliphatic carbocycles. The number of ether oxygens (including phenoxy) is 2. The molecule has 0 bridgehead atoms. The van der Waals surface area contributed by atoms with Gasteiger partial charge in [0, 0.05) is 5.75 Å². The van der Waals surface area contributed by atoms with E-state index in [9.17, 15) is 22.8 Å². The van der Waals surface area contributed by atoms with E-state index in [0.717, 1.165) is 0 Å². The Balaban J connectivity index is 2.68. The number of amides is 1. The molecule has 5 nitrogen and oxygen atoms in total. The van der Waals surface area contributed by atoms with Crippen LogP contribution in [0.5, 0.6) is 0 Å². The standard InChI is InChI=1S/C16H20F3NO4S/c1-15(2,3)24-14(22)20-12(10-25-16(17,18)19)13(21)23-9-11-7-5-4-6-8-11/h4-8,12H,9-10H2,1-3H3,(H,20,22). The van der Waals surface area contributed by atoms with Crippen molar-refractivity contribution in [2.24, 2.45) is 0 Å². The number of carbonyl (C=O) groups excluding carboxylic acids is 2. The number of rotatable bonds is 6. The smallest absolute Gasteiger partial charge is 0.441 e. The van der Waals surface area contributed by atoms with Gasteiger partial charge in [-0.1, -0.05) is 30.3 Å². The molecule has 9 heteroatoms. The lowest BCUT2D eigenvalue weighted by Crippen LogP contribution is -2.46. The maximum absolute atomic E-state index is 12.4. The molecule has 0 radical (unpaired) electrons. The summed E-state index contributed by atoms with van der Waals surface area (Å²) in [4.78, 5) is 23.8. The van der Waals surface area contributed by atoms with Gasteiger partial charge in [0.25, 0.3) is 0 Å². The maximum atomic E-state index is 12.4. The van der Waals surface area contributed by atoms with E-state index in [4.69, 9.17) is 9.47 Å². The molecule has 25 heavy (non-hydrogen) atoms. The molecule has 1 rings (SSSR count). The van der Waals surface area contributed by atoms with Crippen LogP contribution < -0.4 is 5.32 Å². The van der Waals surface area contributed by atoms with Crippen molar-refractivity contribution in [2.45, 2.75) is 44.5 Å². The maximum Gasteiger partial charge on any atom is 0.441 e. The Kier molecular flexibility index (Phi) is 7.60. The third-order valence-corrected chi connectivity index (χ3v) is 3.44. The lowest BCUT2D eigenvalue weighted by atomic mass is 10.2. The summed E-state index contributed by atoms with van der Waals surface area (Å²) in [5.41, 5.74) is -4.71. The summed E-state index contributed by atoms with van der Waals surface area (Å²) in [5, 5.41) is 2.13. The number of hydrogen-bond donors (Lipinski definition) is 1. The first-order valence-electron chi connectivity index (χ1n) is 7.37. The molecule has 0 spiro atoms. The van der Waals surface area contributed by atoms with Crippen molar-refractivity contribution >= 4 is 23.8 Å². The van der Waals surface area contributed by atoms with Crippen LogP contribution in [0.2, 0.25) is 0 Å². The zero-order valence-electron chi connectivity index (χ0n) is 14.1. The Hall–Kier alpha value is -1.90. The first-order chi connectivity index (χ1) is 11.5. The lowest BCUT2D eigenvalue weighted by Gasteiger charge is -2.23. The van der Waals surface area contributed by atoms with Gasteiger partial charge in [0.2, 0.25) is 0 Å².